The molecule has 0 bridgehead atoms. The molecule has 1 unspecified atom stereocenters. The molecule has 0 aliphatic heterocycles. The van der Waals surface area contributed by atoms with Crippen molar-refractivity contribution in [2.75, 3.05) is 5.73 Å². The molecule has 8 nitrogen and oxygen atoms in total. The smallest absolute Gasteiger partial charge is 0.383 e. The van der Waals surface area contributed by atoms with E-state index in [0.717, 1.165) is 18.0 Å². The summed E-state index contributed by atoms with van der Waals surface area (Å²) in [6, 6.07) is 5.94. The molecule has 1 atom stereocenters. The van der Waals surface area contributed by atoms with E-state index in [2.05, 4.69) is 41.0 Å². The maximum atomic E-state index is 14.3. The van der Waals surface area contributed by atoms with Gasteiger partial charge in [0.1, 0.15) is 29.3 Å². The summed E-state index contributed by atoms with van der Waals surface area (Å²) in [5, 5.41) is 4.77. The molecule has 184 valence electrons. The van der Waals surface area contributed by atoms with Gasteiger partial charge in [-0.25, -0.2) is 29.0 Å². The van der Waals surface area contributed by atoms with E-state index in [4.69, 9.17) is 5.73 Å². The summed E-state index contributed by atoms with van der Waals surface area (Å²) in [4.78, 5) is 15.5. The molecule has 0 saturated carbocycles. The van der Waals surface area contributed by atoms with E-state index in [9.17, 15) is 17.6 Å². The fraction of sp³-hybridized carbons (Fsp3) is 0.174. The SMILES string of the molecule is CCC(c1cnn(-c2ccccc2F)c1)n1c(Br)c(-c2cnc(C(F)(F)F)nc2)c2c(N)ncnc21. The van der Waals surface area contributed by atoms with Gasteiger partial charge >= 0.3 is 6.18 Å². The lowest BCUT2D eigenvalue weighted by Crippen LogP contribution is -2.11. The van der Waals surface area contributed by atoms with Crippen LogP contribution in [0.25, 0.3) is 27.8 Å². The summed E-state index contributed by atoms with van der Waals surface area (Å²) in [7, 11) is 0. The maximum absolute atomic E-state index is 14.3. The average Bonchev–Trinajstić information content (AvgIpc) is 3.44. The zero-order valence-corrected chi connectivity index (χ0v) is 20.2. The Morgan fingerprint density at radius 2 is 1.78 bits per heavy atom. The van der Waals surface area contributed by atoms with Gasteiger partial charge in [0.2, 0.25) is 5.82 Å². The number of nitrogen functional groups attached to an aromatic ring is 1. The van der Waals surface area contributed by atoms with Crippen molar-refractivity contribution in [2.24, 2.45) is 0 Å². The van der Waals surface area contributed by atoms with Crippen LogP contribution >= 0.6 is 15.9 Å². The molecule has 0 aliphatic carbocycles. The van der Waals surface area contributed by atoms with Gasteiger partial charge in [0.15, 0.2) is 0 Å². The Kier molecular flexibility index (Phi) is 5.94. The lowest BCUT2D eigenvalue weighted by Gasteiger charge is -2.18. The summed E-state index contributed by atoms with van der Waals surface area (Å²) in [5.41, 5.74) is 8.45. The molecule has 0 fully saturated rings. The Hall–Kier alpha value is -3.87. The van der Waals surface area contributed by atoms with E-state index in [0.29, 0.717) is 38.9 Å². The van der Waals surface area contributed by atoms with Crippen LogP contribution in [0.5, 0.6) is 0 Å². The molecule has 2 N–H and O–H groups in total. The number of anilines is 1. The third-order valence-corrected chi connectivity index (χ3v) is 6.51. The molecule has 0 saturated heterocycles. The van der Waals surface area contributed by atoms with Crippen molar-refractivity contribution in [1.29, 1.82) is 0 Å². The van der Waals surface area contributed by atoms with Crippen molar-refractivity contribution in [3.05, 3.63) is 77.2 Å². The summed E-state index contributed by atoms with van der Waals surface area (Å²) in [6.45, 7) is 1.95. The molecular weight excluding hydrogens is 544 g/mol. The first-order chi connectivity index (χ1) is 17.2. The molecule has 4 aromatic heterocycles. The molecule has 5 aromatic rings. The van der Waals surface area contributed by atoms with Crippen LogP contribution in [-0.4, -0.2) is 34.3 Å². The zero-order chi connectivity index (χ0) is 25.6. The monoisotopic (exact) mass is 560 g/mol. The summed E-state index contributed by atoms with van der Waals surface area (Å²) in [5.74, 6) is -1.52. The van der Waals surface area contributed by atoms with Crippen LogP contribution in [0.1, 0.15) is 30.8 Å². The highest BCUT2D eigenvalue weighted by Gasteiger charge is 2.35. The zero-order valence-electron chi connectivity index (χ0n) is 18.6. The number of rotatable bonds is 5. The van der Waals surface area contributed by atoms with E-state index in [-0.39, 0.29) is 11.9 Å². The normalized spacial score (nSPS) is 12.8. The minimum absolute atomic E-state index is 0.145. The molecule has 0 aliphatic rings. The quantitative estimate of drug-likeness (QED) is 0.282. The number of aromatic nitrogens is 7. The van der Waals surface area contributed by atoms with E-state index in [1.54, 1.807) is 30.6 Å². The minimum Gasteiger partial charge on any atom is -0.383 e. The third kappa shape index (κ3) is 3.98. The second-order valence-corrected chi connectivity index (χ2v) is 8.63. The van der Waals surface area contributed by atoms with Gasteiger partial charge in [-0.1, -0.05) is 19.1 Å². The Bertz CT molecular complexity index is 1560. The summed E-state index contributed by atoms with van der Waals surface area (Å²) < 4.78 is 57.1. The molecule has 36 heavy (non-hydrogen) atoms. The Labute approximate surface area is 210 Å². The first-order valence-corrected chi connectivity index (χ1v) is 11.5. The van der Waals surface area contributed by atoms with Crippen molar-refractivity contribution in [2.45, 2.75) is 25.6 Å². The van der Waals surface area contributed by atoms with Gasteiger partial charge in [-0.05, 0) is 34.5 Å². The number of para-hydroxylation sites is 1. The molecule has 0 radical (unpaired) electrons. The maximum Gasteiger partial charge on any atom is 0.451 e. The Morgan fingerprint density at radius 3 is 2.44 bits per heavy atom. The average molecular weight is 561 g/mol. The largest absolute Gasteiger partial charge is 0.451 e. The van der Waals surface area contributed by atoms with Crippen molar-refractivity contribution in [1.82, 2.24) is 34.3 Å². The van der Waals surface area contributed by atoms with Crippen molar-refractivity contribution in [3.8, 4) is 16.8 Å². The van der Waals surface area contributed by atoms with Gasteiger partial charge in [0.25, 0.3) is 0 Å². The molecule has 1 aromatic carbocycles. The van der Waals surface area contributed by atoms with Gasteiger partial charge in [0.05, 0.1) is 22.2 Å². The number of nitrogens with two attached hydrogens (primary N) is 1. The number of fused-ring (bicyclic) bond motifs is 1. The number of hydrogen-bond donors (Lipinski definition) is 1. The van der Waals surface area contributed by atoms with Gasteiger partial charge < -0.3 is 10.3 Å². The van der Waals surface area contributed by atoms with Crippen molar-refractivity contribution in [3.63, 3.8) is 0 Å². The van der Waals surface area contributed by atoms with E-state index in [1.807, 2.05) is 11.5 Å². The highest BCUT2D eigenvalue weighted by Crippen LogP contribution is 2.43. The number of hydrogen-bond acceptors (Lipinski definition) is 6. The van der Waals surface area contributed by atoms with Gasteiger partial charge in [0, 0.05) is 35.3 Å². The highest BCUT2D eigenvalue weighted by atomic mass is 79.9. The fourth-order valence-electron chi connectivity index (χ4n) is 4.13. The first kappa shape index (κ1) is 23.9. The van der Waals surface area contributed by atoms with E-state index in [1.165, 1.54) is 17.1 Å². The van der Waals surface area contributed by atoms with Gasteiger partial charge in [-0.3, -0.25) is 0 Å². The van der Waals surface area contributed by atoms with Gasteiger partial charge in [-0.2, -0.15) is 18.3 Å². The van der Waals surface area contributed by atoms with Crippen LogP contribution in [0.3, 0.4) is 0 Å². The lowest BCUT2D eigenvalue weighted by atomic mass is 10.1. The Balaban J connectivity index is 1.67. The highest BCUT2D eigenvalue weighted by molar-refractivity contribution is 9.10. The van der Waals surface area contributed by atoms with Crippen molar-refractivity contribution < 1.29 is 17.6 Å². The number of halogens is 5. The number of alkyl halides is 3. The predicted octanol–water partition coefficient (Wildman–Crippen LogP) is 5.58. The Morgan fingerprint density at radius 1 is 1.06 bits per heavy atom. The molecule has 0 amide bonds. The predicted molar refractivity (Wildman–Crippen MR) is 128 cm³/mol. The second kappa shape index (κ2) is 8.97. The third-order valence-electron chi connectivity index (χ3n) is 5.73. The molecule has 4 heterocycles. The van der Waals surface area contributed by atoms with Crippen LogP contribution < -0.4 is 5.73 Å². The second-order valence-electron chi connectivity index (χ2n) is 7.88. The topological polar surface area (TPSA) is 100 Å². The molecule has 13 heteroatoms. The number of benzene rings is 1. The van der Waals surface area contributed by atoms with Crippen LogP contribution in [0.2, 0.25) is 0 Å². The van der Waals surface area contributed by atoms with E-state index >= 15 is 0 Å². The van der Waals surface area contributed by atoms with Gasteiger partial charge in [-0.15, -0.1) is 0 Å². The molecule has 5 rings (SSSR count). The summed E-state index contributed by atoms with van der Waals surface area (Å²) >= 11 is 3.60. The standard InChI is InChI=1S/C23H17BrF4N8/c1-2-15(13-9-34-35(10-13)16-6-4-3-5-14(16)25)36-19(24)17(18-20(29)32-11-33-21(18)36)12-7-30-22(31-8-12)23(26,27)28/h3-11,15H,2H2,1H3,(H2,29,32,33). The van der Waals surface area contributed by atoms with Crippen LogP contribution in [-0.2, 0) is 6.18 Å². The fourth-order valence-corrected chi connectivity index (χ4v) is 4.97. The minimum atomic E-state index is -4.67. The van der Waals surface area contributed by atoms with Crippen molar-refractivity contribution >= 4 is 32.8 Å². The lowest BCUT2D eigenvalue weighted by molar-refractivity contribution is -0.144. The van der Waals surface area contributed by atoms with Crippen LogP contribution in [0.15, 0.2) is 60.0 Å². The molecular formula is C23H17BrF4N8. The van der Waals surface area contributed by atoms with E-state index < -0.39 is 17.8 Å². The number of nitrogens with zero attached hydrogens (tertiary/aromatic N) is 7. The van der Waals surface area contributed by atoms with Crippen LogP contribution in [0.4, 0.5) is 23.4 Å². The first-order valence-electron chi connectivity index (χ1n) is 10.7. The summed E-state index contributed by atoms with van der Waals surface area (Å²) in [6.07, 6.45) is 2.74. The molecule has 0 spiro atoms. The van der Waals surface area contributed by atoms with Crippen LogP contribution in [0, 0.1) is 5.82 Å².